The van der Waals surface area contributed by atoms with Crippen molar-refractivity contribution in [2.75, 3.05) is 11.9 Å². The molecular weight excluding hydrogens is 288 g/mol. The van der Waals surface area contributed by atoms with Crippen LogP contribution in [-0.4, -0.2) is 27.3 Å². The molecule has 0 aliphatic heterocycles. The van der Waals surface area contributed by atoms with E-state index in [1.165, 1.54) is 13.3 Å². The molecule has 2 aromatic rings. The number of aromatic nitrogens is 2. The topological polar surface area (TPSA) is 107 Å². The highest BCUT2D eigenvalue weighted by Gasteiger charge is 2.24. The first-order chi connectivity index (χ1) is 10.5. The Morgan fingerprint density at radius 3 is 2.82 bits per heavy atom. The lowest BCUT2D eigenvalue weighted by Crippen LogP contribution is -2.05. The van der Waals surface area contributed by atoms with E-state index in [-0.39, 0.29) is 29.8 Å². The van der Waals surface area contributed by atoms with Crippen LogP contribution in [0.5, 0.6) is 5.88 Å². The molecule has 0 atom stereocenters. The van der Waals surface area contributed by atoms with Gasteiger partial charge in [-0.1, -0.05) is 12.1 Å². The fourth-order valence-corrected chi connectivity index (χ4v) is 1.81. The Hall–Kier alpha value is -3.03. The molecule has 22 heavy (non-hydrogen) atoms. The number of benzene rings is 1. The van der Waals surface area contributed by atoms with Crippen LogP contribution in [0.3, 0.4) is 0 Å². The van der Waals surface area contributed by atoms with Crippen LogP contribution in [0.4, 0.5) is 17.2 Å². The number of Topliss-reactive ketones (excluding diaryl/α,β-unsaturated/α-hetero) is 1. The molecule has 0 aliphatic carbocycles. The summed E-state index contributed by atoms with van der Waals surface area (Å²) in [6, 6.07) is 6.61. The quantitative estimate of drug-likeness (QED) is 0.496. The first-order valence-electron chi connectivity index (χ1n) is 6.53. The van der Waals surface area contributed by atoms with E-state index >= 15 is 0 Å². The second-order valence-corrected chi connectivity index (χ2v) is 4.33. The average molecular weight is 302 g/mol. The number of hydrogen-bond donors (Lipinski definition) is 1. The maximum Gasteiger partial charge on any atom is 0.373 e. The van der Waals surface area contributed by atoms with Crippen LogP contribution in [-0.2, 0) is 0 Å². The minimum atomic E-state index is -0.609. The standard InChI is InChI=1S/C14H14N4O4/c1-3-22-14-12(18(20)21)13(15-8-16-14)17-11-6-4-5-10(7-11)9(2)19/h4-8H,3H2,1-2H3,(H,15,16,17). The Morgan fingerprint density at radius 2 is 2.18 bits per heavy atom. The van der Waals surface area contributed by atoms with Crippen molar-refractivity contribution in [2.45, 2.75) is 13.8 Å². The van der Waals surface area contributed by atoms with Gasteiger partial charge in [0.15, 0.2) is 5.78 Å². The van der Waals surface area contributed by atoms with Crippen LogP contribution in [0.2, 0.25) is 0 Å². The predicted molar refractivity (Wildman–Crippen MR) is 79.6 cm³/mol. The van der Waals surface area contributed by atoms with Crippen LogP contribution in [0.15, 0.2) is 30.6 Å². The van der Waals surface area contributed by atoms with Crippen LogP contribution in [0.25, 0.3) is 0 Å². The number of carbonyl (C=O) groups excluding carboxylic acids is 1. The van der Waals surface area contributed by atoms with Crippen LogP contribution >= 0.6 is 0 Å². The molecular formula is C14H14N4O4. The average Bonchev–Trinajstić information content (AvgIpc) is 2.47. The van der Waals surface area contributed by atoms with Gasteiger partial charge in [-0.3, -0.25) is 14.9 Å². The molecule has 0 saturated heterocycles. The Labute approximate surface area is 126 Å². The zero-order valence-electron chi connectivity index (χ0n) is 12.1. The third kappa shape index (κ3) is 3.35. The molecule has 1 N–H and O–H groups in total. The van der Waals surface area contributed by atoms with Crippen LogP contribution in [0.1, 0.15) is 24.2 Å². The Morgan fingerprint density at radius 1 is 1.41 bits per heavy atom. The smallest absolute Gasteiger partial charge is 0.373 e. The van der Waals surface area contributed by atoms with Crippen molar-refractivity contribution in [1.82, 2.24) is 9.97 Å². The molecule has 0 bridgehead atoms. The van der Waals surface area contributed by atoms with E-state index in [2.05, 4.69) is 15.3 Å². The van der Waals surface area contributed by atoms with Gasteiger partial charge in [0.05, 0.1) is 11.5 Å². The normalized spacial score (nSPS) is 10.1. The van der Waals surface area contributed by atoms with Gasteiger partial charge in [-0.05, 0) is 26.0 Å². The highest BCUT2D eigenvalue weighted by molar-refractivity contribution is 5.95. The van der Waals surface area contributed by atoms with Gasteiger partial charge in [0.25, 0.3) is 5.88 Å². The van der Waals surface area contributed by atoms with E-state index in [9.17, 15) is 14.9 Å². The molecule has 0 radical (unpaired) electrons. The van der Waals surface area contributed by atoms with Gasteiger partial charge < -0.3 is 10.1 Å². The molecule has 0 spiro atoms. The Balaban J connectivity index is 2.41. The van der Waals surface area contributed by atoms with Crippen molar-refractivity contribution < 1.29 is 14.5 Å². The van der Waals surface area contributed by atoms with Crippen molar-refractivity contribution in [2.24, 2.45) is 0 Å². The summed E-state index contributed by atoms with van der Waals surface area (Å²) in [4.78, 5) is 29.7. The number of anilines is 2. The third-order valence-electron chi connectivity index (χ3n) is 2.78. The Bertz CT molecular complexity index is 718. The summed E-state index contributed by atoms with van der Waals surface area (Å²) in [5.41, 5.74) is 0.654. The minimum absolute atomic E-state index is 0.00384. The van der Waals surface area contributed by atoms with Crippen molar-refractivity contribution in [3.63, 3.8) is 0 Å². The van der Waals surface area contributed by atoms with Crippen molar-refractivity contribution in [3.8, 4) is 5.88 Å². The van der Waals surface area contributed by atoms with Gasteiger partial charge in [0.2, 0.25) is 5.82 Å². The fraction of sp³-hybridized carbons (Fsp3) is 0.214. The second-order valence-electron chi connectivity index (χ2n) is 4.33. The summed E-state index contributed by atoms with van der Waals surface area (Å²) in [6.07, 6.45) is 1.18. The summed E-state index contributed by atoms with van der Waals surface area (Å²) < 4.78 is 5.15. The molecule has 1 aromatic carbocycles. The largest absolute Gasteiger partial charge is 0.473 e. The number of nitrogens with zero attached hydrogens (tertiary/aromatic N) is 3. The maximum absolute atomic E-state index is 11.4. The first-order valence-corrected chi connectivity index (χ1v) is 6.53. The fourth-order valence-electron chi connectivity index (χ4n) is 1.81. The molecule has 1 aromatic heterocycles. The molecule has 114 valence electrons. The number of nitrogens with one attached hydrogen (secondary N) is 1. The summed E-state index contributed by atoms with van der Waals surface area (Å²) in [5, 5.41) is 14.1. The van der Waals surface area contributed by atoms with E-state index in [1.807, 2.05) is 0 Å². The van der Waals surface area contributed by atoms with E-state index in [0.29, 0.717) is 11.3 Å². The van der Waals surface area contributed by atoms with E-state index in [1.54, 1.807) is 31.2 Å². The lowest BCUT2D eigenvalue weighted by Gasteiger charge is -2.09. The third-order valence-corrected chi connectivity index (χ3v) is 2.78. The molecule has 1 heterocycles. The number of nitro groups is 1. The first kappa shape index (κ1) is 15.4. The Kier molecular flexibility index (Phi) is 4.62. The highest BCUT2D eigenvalue weighted by atomic mass is 16.6. The van der Waals surface area contributed by atoms with E-state index in [0.717, 1.165) is 0 Å². The number of hydrogen-bond acceptors (Lipinski definition) is 7. The molecule has 0 amide bonds. The molecule has 8 nitrogen and oxygen atoms in total. The lowest BCUT2D eigenvalue weighted by molar-refractivity contribution is -0.385. The number of carbonyl (C=O) groups is 1. The summed E-state index contributed by atoms with van der Waals surface area (Å²) in [6.45, 7) is 3.39. The SMILES string of the molecule is CCOc1ncnc(Nc2cccc(C(C)=O)c2)c1[N+](=O)[O-]. The molecule has 2 rings (SSSR count). The minimum Gasteiger partial charge on any atom is -0.473 e. The van der Waals surface area contributed by atoms with Gasteiger partial charge in [0, 0.05) is 11.3 Å². The lowest BCUT2D eigenvalue weighted by atomic mass is 10.1. The molecule has 0 unspecified atom stereocenters. The van der Waals surface area contributed by atoms with Gasteiger partial charge in [0.1, 0.15) is 6.33 Å². The number of rotatable bonds is 6. The van der Waals surface area contributed by atoms with E-state index < -0.39 is 4.92 Å². The molecule has 8 heteroatoms. The zero-order valence-corrected chi connectivity index (χ0v) is 12.1. The van der Waals surface area contributed by atoms with Crippen molar-refractivity contribution >= 4 is 23.0 Å². The summed E-state index contributed by atoms with van der Waals surface area (Å²) in [5.74, 6) is -0.201. The van der Waals surface area contributed by atoms with E-state index in [4.69, 9.17) is 4.74 Å². The second kappa shape index (κ2) is 6.61. The van der Waals surface area contributed by atoms with Crippen LogP contribution in [0, 0.1) is 10.1 Å². The summed E-state index contributed by atoms with van der Waals surface area (Å²) >= 11 is 0. The monoisotopic (exact) mass is 302 g/mol. The maximum atomic E-state index is 11.4. The predicted octanol–water partition coefficient (Wildman–Crippen LogP) is 2.73. The van der Waals surface area contributed by atoms with Gasteiger partial charge in [-0.2, -0.15) is 4.98 Å². The number of ketones is 1. The molecule has 0 saturated carbocycles. The van der Waals surface area contributed by atoms with Crippen LogP contribution < -0.4 is 10.1 Å². The van der Waals surface area contributed by atoms with Crippen molar-refractivity contribution in [1.29, 1.82) is 0 Å². The highest BCUT2D eigenvalue weighted by Crippen LogP contribution is 2.32. The van der Waals surface area contributed by atoms with Gasteiger partial charge >= 0.3 is 5.69 Å². The molecule has 0 aliphatic rings. The van der Waals surface area contributed by atoms with Gasteiger partial charge in [-0.15, -0.1) is 0 Å². The van der Waals surface area contributed by atoms with Crippen molar-refractivity contribution in [3.05, 3.63) is 46.3 Å². The molecule has 0 fully saturated rings. The number of ether oxygens (including phenoxy) is 1. The van der Waals surface area contributed by atoms with Gasteiger partial charge in [-0.25, -0.2) is 4.98 Å². The zero-order chi connectivity index (χ0) is 16.1. The summed E-state index contributed by atoms with van der Waals surface area (Å²) in [7, 11) is 0.